The number of hydrogen-bond donors (Lipinski definition) is 0. The fraction of sp³-hybridized carbons (Fsp3) is 0.263. The summed E-state index contributed by atoms with van der Waals surface area (Å²) in [6.07, 6.45) is -0.406. The molecule has 0 saturated carbocycles. The molecule has 0 aromatic heterocycles. The summed E-state index contributed by atoms with van der Waals surface area (Å²) in [5, 5.41) is 2.76. The number of carbonyl (C=O) groups excluding carboxylic acids is 2. The van der Waals surface area contributed by atoms with Crippen molar-refractivity contribution in [1.29, 1.82) is 0 Å². The van der Waals surface area contributed by atoms with Crippen molar-refractivity contribution in [2.24, 2.45) is 0 Å². The summed E-state index contributed by atoms with van der Waals surface area (Å²) in [7, 11) is 1.76. The molecule has 2 aromatic carbocycles. The molecule has 124 valence electrons. The largest absolute Gasteiger partial charge is 0.438 e. The highest BCUT2D eigenvalue weighted by molar-refractivity contribution is 5.90. The summed E-state index contributed by atoms with van der Waals surface area (Å²) < 4.78 is 5.63. The first-order valence-electron chi connectivity index (χ1n) is 7.91. The van der Waals surface area contributed by atoms with E-state index < -0.39 is 12.2 Å². The third-order valence-corrected chi connectivity index (χ3v) is 4.26. The van der Waals surface area contributed by atoms with Crippen molar-refractivity contribution in [3.63, 3.8) is 0 Å². The Labute approximate surface area is 141 Å². The first kappa shape index (κ1) is 16.2. The van der Waals surface area contributed by atoms with Crippen molar-refractivity contribution in [1.82, 2.24) is 10.0 Å². The number of hydrogen-bond acceptors (Lipinski definition) is 4. The van der Waals surface area contributed by atoms with E-state index in [0.29, 0.717) is 6.42 Å². The maximum Gasteiger partial charge on any atom is 0.432 e. The molecule has 1 aliphatic rings. The number of benzene rings is 2. The minimum atomic E-state index is -0.636. The van der Waals surface area contributed by atoms with Gasteiger partial charge in [0.15, 0.2) is 0 Å². The van der Waals surface area contributed by atoms with E-state index in [4.69, 9.17) is 4.74 Å². The van der Waals surface area contributed by atoms with E-state index in [1.54, 1.807) is 12.1 Å². The molecular formula is C19H20N2O3. The maximum absolute atomic E-state index is 12.3. The van der Waals surface area contributed by atoms with Gasteiger partial charge in [-0.25, -0.2) is 9.80 Å². The van der Waals surface area contributed by atoms with Crippen LogP contribution in [0, 0.1) is 0 Å². The van der Waals surface area contributed by atoms with Gasteiger partial charge in [-0.15, -0.1) is 0 Å². The number of rotatable bonds is 3. The Balaban J connectivity index is 1.96. The number of carbonyl (C=O) groups is 2. The summed E-state index contributed by atoms with van der Waals surface area (Å²) >= 11 is 0. The van der Waals surface area contributed by atoms with E-state index >= 15 is 0 Å². The molecule has 5 nitrogen and oxygen atoms in total. The molecular weight excluding hydrogens is 304 g/mol. The Kier molecular flexibility index (Phi) is 4.62. The van der Waals surface area contributed by atoms with Crippen molar-refractivity contribution in [2.75, 3.05) is 7.05 Å². The molecule has 1 fully saturated rings. The van der Waals surface area contributed by atoms with Crippen LogP contribution in [0.1, 0.15) is 24.2 Å². The van der Waals surface area contributed by atoms with Gasteiger partial charge in [0.25, 0.3) is 0 Å². The zero-order chi connectivity index (χ0) is 17.1. The highest BCUT2D eigenvalue weighted by Gasteiger charge is 2.42. The smallest absolute Gasteiger partial charge is 0.432 e. The highest BCUT2D eigenvalue weighted by Crippen LogP contribution is 2.32. The van der Waals surface area contributed by atoms with Gasteiger partial charge in [0.2, 0.25) is 5.91 Å². The third kappa shape index (κ3) is 3.16. The predicted molar refractivity (Wildman–Crippen MR) is 89.9 cm³/mol. The maximum atomic E-state index is 12.3. The van der Waals surface area contributed by atoms with Gasteiger partial charge < -0.3 is 4.74 Å². The van der Waals surface area contributed by atoms with E-state index in [-0.39, 0.29) is 11.9 Å². The van der Waals surface area contributed by atoms with Gasteiger partial charge in [-0.2, -0.15) is 5.01 Å². The molecule has 2 atom stereocenters. The van der Waals surface area contributed by atoms with E-state index in [0.717, 1.165) is 16.1 Å². The van der Waals surface area contributed by atoms with Gasteiger partial charge in [0.05, 0.1) is 6.04 Å². The predicted octanol–water partition coefficient (Wildman–Crippen LogP) is 3.18. The first-order chi connectivity index (χ1) is 11.6. The fourth-order valence-electron chi connectivity index (χ4n) is 3.09. The lowest BCUT2D eigenvalue weighted by molar-refractivity contribution is -0.162. The van der Waals surface area contributed by atoms with E-state index in [1.807, 2.05) is 60.7 Å². The van der Waals surface area contributed by atoms with Gasteiger partial charge in [-0.1, -0.05) is 60.7 Å². The zero-order valence-corrected chi connectivity index (χ0v) is 13.8. The minimum Gasteiger partial charge on any atom is -0.438 e. The Bertz CT molecular complexity index is 718. The summed E-state index contributed by atoms with van der Waals surface area (Å²) in [5.41, 5.74) is 2.04. The molecule has 24 heavy (non-hydrogen) atoms. The van der Waals surface area contributed by atoms with Crippen molar-refractivity contribution < 1.29 is 14.3 Å². The van der Waals surface area contributed by atoms with E-state index in [1.165, 1.54) is 6.92 Å². The number of ether oxygens (including phenoxy) is 1. The summed E-state index contributed by atoms with van der Waals surface area (Å²) in [5.74, 6) is -0.355. The number of cyclic esters (lactones) is 1. The van der Waals surface area contributed by atoms with E-state index in [9.17, 15) is 9.59 Å². The second-order valence-corrected chi connectivity index (χ2v) is 5.88. The number of likely N-dealkylation sites (N-methyl/N-ethyl adjacent to an activating group) is 1. The quantitative estimate of drug-likeness (QED) is 0.870. The van der Waals surface area contributed by atoms with Crippen LogP contribution in [0.15, 0.2) is 60.7 Å². The molecule has 3 rings (SSSR count). The van der Waals surface area contributed by atoms with Crippen LogP contribution in [-0.4, -0.2) is 35.1 Å². The van der Waals surface area contributed by atoms with Gasteiger partial charge in [0.1, 0.15) is 6.10 Å². The normalized spacial score (nSPS) is 21.4. The Morgan fingerprint density at radius 3 is 2.21 bits per heavy atom. The van der Waals surface area contributed by atoms with Gasteiger partial charge in [-0.05, 0) is 17.5 Å². The van der Waals surface area contributed by atoms with Crippen LogP contribution in [0.3, 0.4) is 0 Å². The molecule has 2 aromatic rings. The SMILES string of the molecule is CC(=O)N1C(=O)O[C@H](c2ccccc2)[C@H](Cc2ccccc2)N1C. The monoisotopic (exact) mass is 324 g/mol. The minimum absolute atomic E-state index is 0.170. The summed E-state index contributed by atoms with van der Waals surface area (Å²) in [4.78, 5) is 24.1. The molecule has 0 unspecified atom stereocenters. The van der Waals surface area contributed by atoms with Crippen molar-refractivity contribution >= 4 is 12.0 Å². The molecule has 2 amide bonds. The van der Waals surface area contributed by atoms with Gasteiger partial charge in [-0.3, -0.25) is 4.79 Å². The van der Waals surface area contributed by atoms with Crippen LogP contribution in [0.2, 0.25) is 0 Å². The lowest BCUT2D eigenvalue weighted by Crippen LogP contribution is -2.59. The average Bonchev–Trinajstić information content (AvgIpc) is 2.58. The molecule has 0 radical (unpaired) electrons. The molecule has 0 bridgehead atoms. The zero-order valence-electron chi connectivity index (χ0n) is 13.8. The second-order valence-electron chi connectivity index (χ2n) is 5.88. The number of imide groups is 1. The van der Waals surface area contributed by atoms with Gasteiger partial charge in [0, 0.05) is 14.0 Å². The van der Waals surface area contributed by atoms with Crippen LogP contribution in [-0.2, 0) is 16.0 Å². The van der Waals surface area contributed by atoms with Crippen molar-refractivity contribution in [3.05, 3.63) is 71.8 Å². The Morgan fingerprint density at radius 1 is 1.04 bits per heavy atom. The van der Waals surface area contributed by atoms with Crippen LogP contribution < -0.4 is 0 Å². The Hall–Kier alpha value is -2.66. The van der Waals surface area contributed by atoms with Crippen LogP contribution >= 0.6 is 0 Å². The van der Waals surface area contributed by atoms with Crippen LogP contribution in [0.25, 0.3) is 0 Å². The van der Waals surface area contributed by atoms with Gasteiger partial charge >= 0.3 is 6.09 Å². The van der Waals surface area contributed by atoms with Crippen molar-refractivity contribution in [3.8, 4) is 0 Å². The van der Waals surface area contributed by atoms with Crippen LogP contribution in [0.5, 0.6) is 0 Å². The summed E-state index contributed by atoms with van der Waals surface area (Å²) in [6, 6.07) is 19.4. The molecule has 0 N–H and O–H groups in total. The Morgan fingerprint density at radius 2 is 1.62 bits per heavy atom. The number of amides is 2. The molecule has 1 saturated heterocycles. The van der Waals surface area contributed by atoms with Crippen molar-refractivity contribution in [2.45, 2.75) is 25.5 Å². The molecule has 0 spiro atoms. The van der Waals surface area contributed by atoms with Crippen LogP contribution in [0.4, 0.5) is 4.79 Å². The average molecular weight is 324 g/mol. The molecule has 5 heteroatoms. The third-order valence-electron chi connectivity index (χ3n) is 4.26. The lowest BCUT2D eigenvalue weighted by atomic mass is 9.95. The molecule has 1 heterocycles. The summed E-state index contributed by atoms with van der Waals surface area (Å²) in [6.45, 7) is 1.36. The van der Waals surface area contributed by atoms with E-state index in [2.05, 4.69) is 0 Å². The number of hydrazine groups is 1. The molecule has 0 aliphatic carbocycles. The highest BCUT2D eigenvalue weighted by atomic mass is 16.6. The first-order valence-corrected chi connectivity index (χ1v) is 7.91. The lowest BCUT2D eigenvalue weighted by Gasteiger charge is -2.44. The molecule has 1 aliphatic heterocycles. The fourth-order valence-corrected chi connectivity index (χ4v) is 3.09. The number of nitrogens with zero attached hydrogens (tertiary/aromatic N) is 2. The second kappa shape index (κ2) is 6.84. The topological polar surface area (TPSA) is 49.9 Å². The standard InChI is InChI=1S/C19H20N2O3/c1-14(22)21-19(23)24-18(16-11-7-4-8-12-16)17(20(21)2)13-15-9-5-3-6-10-15/h3-12,17-18H,13H2,1-2H3/t17-,18+/m0/s1.